The fraction of sp³-hybridized carbons (Fsp3) is 0. The second-order valence-electron chi connectivity index (χ2n) is 11.9. The first-order valence-electron chi connectivity index (χ1n) is 15.9. The lowest BCUT2D eigenvalue weighted by Crippen LogP contribution is -2.09. The number of anilines is 3. The fourth-order valence-corrected chi connectivity index (χ4v) is 6.78. The average molecular weight is 619 g/mol. The van der Waals surface area contributed by atoms with E-state index in [-0.39, 0.29) is 0 Å². The van der Waals surface area contributed by atoms with Gasteiger partial charge in [-0.3, -0.25) is 4.57 Å². The zero-order valence-corrected chi connectivity index (χ0v) is 25.6. The third-order valence-electron chi connectivity index (χ3n) is 9.01. The van der Waals surface area contributed by atoms with Gasteiger partial charge in [-0.15, -0.1) is 0 Å². The fourth-order valence-electron chi connectivity index (χ4n) is 6.78. The minimum absolute atomic E-state index is 0.521. The maximum Gasteiger partial charge on any atom is 0.307 e. The van der Waals surface area contributed by atoms with Gasteiger partial charge in [-0.05, 0) is 89.6 Å². The lowest BCUT2D eigenvalue weighted by atomic mass is 10.1. The van der Waals surface area contributed by atoms with Crippen LogP contribution in [0.2, 0.25) is 0 Å². The molecule has 0 radical (unpaired) electrons. The molecule has 0 amide bonds. The van der Waals surface area contributed by atoms with E-state index in [0.717, 1.165) is 55.5 Å². The summed E-state index contributed by atoms with van der Waals surface area (Å²) >= 11 is 0. The Kier molecular flexibility index (Phi) is 5.77. The van der Waals surface area contributed by atoms with E-state index in [9.17, 15) is 0 Å². The number of aromatic nitrogens is 3. The van der Waals surface area contributed by atoms with Crippen molar-refractivity contribution in [1.29, 1.82) is 0 Å². The Bertz CT molecular complexity index is 2760. The third kappa shape index (κ3) is 4.20. The highest BCUT2D eigenvalue weighted by atomic mass is 16.4. The van der Waals surface area contributed by atoms with Crippen molar-refractivity contribution in [3.05, 3.63) is 158 Å². The normalized spacial score (nSPS) is 11.8. The quantitative estimate of drug-likeness (QED) is 0.192. The van der Waals surface area contributed by atoms with Crippen LogP contribution in [-0.2, 0) is 0 Å². The first-order valence-corrected chi connectivity index (χ1v) is 15.9. The monoisotopic (exact) mass is 618 g/mol. The van der Waals surface area contributed by atoms with Crippen LogP contribution in [0, 0.1) is 0 Å². The SMILES string of the molecule is c1ccc(N(c2ccccc2)c2ccc3oc(-c4ccc5oc(-n6c7ccccc7c7cc8ccccc8cc76)nc5c4)nc3c2)cc1. The summed E-state index contributed by atoms with van der Waals surface area (Å²) in [5, 5.41) is 4.69. The van der Waals surface area contributed by atoms with Gasteiger partial charge in [-0.2, -0.15) is 4.98 Å². The molecule has 0 saturated carbocycles. The van der Waals surface area contributed by atoms with Gasteiger partial charge in [-0.25, -0.2) is 4.98 Å². The van der Waals surface area contributed by atoms with E-state index in [2.05, 4.69) is 107 Å². The zero-order valence-electron chi connectivity index (χ0n) is 25.6. The van der Waals surface area contributed by atoms with Crippen LogP contribution in [0.3, 0.4) is 0 Å². The summed E-state index contributed by atoms with van der Waals surface area (Å²) in [6.07, 6.45) is 0. The Morgan fingerprint density at radius 1 is 0.458 bits per heavy atom. The van der Waals surface area contributed by atoms with Crippen LogP contribution in [0.4, 0.5) is 17.1 Å². The molecule has 0 aliphatic heterocycles. The Morgan fingerprint density at radius 3 is 1.90 bits per heavy atom. The maximum absolute atomic E-state index is 6.41. The molecule has 0 aliphatic rings. The molecule has 0 saturated heterocycles. The summed E-state index contributed by atoms with van der Waals surface area (Å²) in [7, 11) is 0. The number of fused-ring (bicyclic) bond motifs is 6. The standard InChI is InChI=1S/C42H26N4O2/c1-3-13-30(14-4-1)45(31-15-5-2-6-16-31)32-20-22-39-36(26-32)43-41(47-39)29-19-21-40-35(24-29)44-42(48-40)46-37-18-10-9-17-33(37)34-23-27-11-7-8-12-28(27)25-38(34)46/h1-26H. The van der Waals surface area contributed by atoms with Gasteiger partial charge in [0.15, 0.2) is 11.2 Å². The molecule has 0 N–H and O–H groups in total. The molecule has 3 aromatic heterocycles. The molecule has 226 valence electrons. The lowest BCUT2D eigenvalue weighted by molar-refractivity contribution is 0.574. The smallest absolute Gasteiger partial charge is 0.307 e. The Labute approximate surface area is 274 Å². The highest BCUT2D eigenvalue weighted by Gasteiger charge is 2.19. The van der Waals surface area contributed by atoms with Crippen LogP contribution in [0.5, 0.6) is 0 Å². The van der Waals surface area contributed by atoms with Crippen molar-refractivity contribution >= 4 is 71.8 Å². The van der Waals surface area contributed by atoms with Crippen LogP contribution in [0.25, 0.3) is 72.2 Å². The van der Waals surface area contributed by atoms with Gasteiger partial charge in [0.1, 0.15) is 11.0 Å². The van der Waals surface area contributed by atoms with Gasteiger partial charge in [0.2, 0.25) is 5.89 Å². The highest BCUT2D eigenvalue weighted by Crippen LogP contribution is 2.38. The van der Waals surface area contributed by atoms with Crippen molar-refractivity contribution in [2.75, 3.05) is 4.90 Å². The summed E-state index contributed by atoms with van der Waals surface area (Å²) in [6, 6.07) is 54.5. The molecule has 6 nitrogen and oxygen atoms in total. The molecule has 6 heteroatoms. The number of rotatable bonds is 5. The van der Waals surface area contributed by atoms with E-state index in [1.807, 2.05) is 60.7 Å². The Morgan fingerprint density at radius 2 is 1.10 bits per heavy atom. The van der Waals surface area contributed by atoms with E-state index >= 15 is 0 Å². The van der Waals surface area contributed by atoms with Crippen molar-refractivity contribution < 1.29 is 8.83 Å². The van der Waals surface area contributed by atoms with Crippen molar-refractivity contribution in [3.8, 4) is 17.5 Å². The van der Waals surface area contributed by atoms with Crippen molar-refractivity contribution in [3.63, 3.8) is 0 Å². The summed E-state index contributed by atoms with van der Waals surface area (Å²) in [5.74, 6) is 0.530. The number of nitrogens with zero attached hydrogens (tertiary/aromatic N) is 4. The summed E-state index contributed by atoms with van der Waals surface area (Å²) in [4.78, 5) is 12.1. The van der Waals surface area contributed by atoms with Crippen LogP contribution in [-0.4, -0.2) is 14.5 Å². The lowest BCUT2D eigenvalue weighted by Gasteiger charge is -2.25. The second kappa shape index (κ2) is 10.4. The van der Waals surface area contributed by atoms with E-state index < -0.39 is 0 Å². The molecule has 3 heterocycles. The van der Waals surface area contributed by atoms with Gasteiger partial charge in [-0.1, -0.05) is 78.9 Å². The molecule has 0 bridgehead atoms. The van der Waals surface area contributed by atoms with Gasteiger partial charge in [0.05, 0.1) is 11.0 Å². The molecule has 0 fully saturated rings. The minimum Gasteiger partial charge on any atom is -0.436 e. The minimum atomic E-state index is 0.521. The molecule has 10 rings (SSSR count). The van der Waals surface area contributed by atoms with E-state index in [0.29, 0.717) is 23.1 Å². The number of oxazole rings is 2. The molecule has 7 aromatic carbocycles. The molecule has 0 spiro atoms. The Balaban J connectivity index is 1.07. The highest BCUT2D eigenvalue weighted by molar-refractivity contribution is 6.13. The topological polar surface area (TPSA) is 60.2 Å². The predicted molar refractivity (Wildman–Crippen MR) is 194 cm³/mol. The zero-order chi connectivity index (χ0) is 31.6. The molecular weight excluding hydrogens is 592 g/mol. The van der Waals surface area contributed by atoms with Crippen molar-refractivity contribution in [2.45, 2.75) is 0 Å². The maximum atomic E-state index is 6.41. The summed E-state index contributed by atoms with van der Waals surface area (Å²) in [6.45, 7) is 0. The van der Waals surface area contributed by atoms with Gasteiger partial charge in [0, 0.05) is 33.4 Å². The molecule has 10 aromatic rings. The summed E-state index contributed by atoms with van der Waals surface area (Å²) < 4.78 is 14.8. The second-order valence-corrected chi connectivity index (χ2v) is 11.9. The number of para-hydroxylation sites is 3. The van der Waals surface area contributed by atoms with Crippen LogP contribution in [0.1, 0.15) is 0 Å². The molecule has 0 atom stereocenters. The van der Waals surface area contributed by atoms with Crippen molar-refractivity contribution in [2.24, 2.45) is 0 Å². The first kappa shape index (κ1) is 26.5. The van der Waals surface area contributed by atoms with Crippen molar-refractivity contribution in [1.82, 2.24) is 14.5 Å². The average Bonchev–Trinajstić information content (AvgIpc) is 3.84. The van der Waals surface area contributed by atoms with Gasteiger partial charge >= 0.3 is 6.01 Å². The van der Waals surface area contributed by atoms with E-state index in [1.165, 1.54) is 10.8 Å². The number of hydrogen-bond acceptors (Lipinski definition) is 5. The summed E-state index contributed by atoms with van der Waals surface area (Å²) in [5.41, 5.74) is 8.97. The number of hydrogen-bond donors (Lipinski definition) is 0. The van der Waals surface area contributed by atoms with E-state index in [4.69, 9.17) is 18.8 Å². The third-order valence-corrected chi connectivity index (χ3v) is 9.01. The molecular formula is C42H26N4O2. The van der Waals surface area contributed by atoms with Gasteiger partial charge < -0.3 is 13.7 Å². The predicted octanol–water partition coefficient (Wildman–Crippen LogP) is 11.4. The number of benzene rings is 7. The first-order chi connectivity index (χ1) is 23.8. The molecule has 0 aliphatic carbocycles. The van der Waals surface area contributed by atoms with E-state index in [1.54, 1.807) is 0 Å². The van der Waals surface area contributed by atoms with Crippen LogP contribution < -0.4 is 4.90 Å². The van der Waals surface area contributed by atoms with Crippen LogP contribution >= 0.6 is 0 Å². The Hall–Kier alpha value is -6.66. The largest absolute Gasteiger partial charge is 0.436 e. The molecule has 0 unspecified atom stereocenters. The van der Waals surface area contributed by atoms with Crippen LogP contribution in [0.15, 0.2) is 167 Å². The van der Waals surface area contributed by atoms with Gasteiger partial charge in [0.25, 0.3) is 0 Å². The molecule has 48 heavy (non-hydrogen) atoms.